The Morgan fingerprint density at radius 2 is 1.94 bits per heavy atom. The highest BCUT2D eigenvalue weighted by Crippen LogP contribution is 2.21. The minimum Gasteiger partial charge on any atom is -0.314 e. The molecule has 1 aliphatic heterocycles. The van der Waals surface area contributed by atoms with Crippen LogP contribution in [-0.2, 0) is 0 Å². The highest BCUT2D eigenvalue weighted by molar-refractivity contribution is 7.99. The third-order valence-electron chi connectivity index (χ3n) is 3.98. The van der Waals surface area contributed by atoms with Gasteiger partial charge < -0.3 is 10.2 Å². The van der Waals surface area contributed by atoms with Gasteiger partial charge in [0.05, 0.1) is 0 Å². The Bertz CT molecular complexity index is 200. The molecule has 1 saturated carbocycles. The molecule has 1 saturated heterocycles. The average molecular weight is 256 g/mol. The van der Waals surface area contributed by atoms with Crippen LogP contribution in [0.2, 0.25) is 0 Å². The molecule has 2 rings (SSSR count). The predicted molar refractivity (Wildman–Crippen MR) is 77.9 cm³/mol. The summed E-state index contributed by atoms with van der Waals surface area (Å²) in [7, 11) is 2.31. The molecule has 2 nitrogen and oxygen atoms in total. The first kappa shape index (κ1) is 13.7. The molecule has 1 aliphatic carbocycles. The lowest BCUT2D eigenvalue weighted by molar-refractivity contribution is 0.256. The van der Waals surface area contributed by atoms with Gasteiger partial charge in [-0.3, -0.25) is 0 Å². The van der Waals surface area contributed by atoms with E-state index < -0.39 is 0 Å². The summed E-state index contributed by atoms with van der Waals surface area (Å²) in [4.78, 5) is 2.59. The molecule has 0 aromatic heterocycles. The summed E-state index contributed by atoms with van der Waals surface area (Å²) in [6.45, 7) is 2.56. The Kier molecular flexibility index (Phi) is 6.16. The standard InChI is InChI=1S/C14H28N2S/c1-16(14-8-11-17-12-14)10-5-3-2-4-9-15-13-6-7-13/h13-15H,2-12H2,1H3. The predicted octanol–water partition coefficient (Wildman–Crippen LogP) is 2.74. The molecule has 2 aliphatic rings. The number of hydrogen-bond donors (Lipinski definition) is 1. The molecular formula is C14H28N2S. The molecule has 0 spiro atoms. The summed E-state index contributed by atoms with van der Waals surface area (Å²) in [5.41, 5.74) is 0. The first-order valence-electron chi connectivity index (χ1n) is 7.37. The van der Waals surface area contributed by atoms with Crippen LogP contribution in [0, 0.1) is 0 Å². The number of hydrogen-bond acceptors (Lipinski definition) is 3. The second kappa shape index (κ2) is 7.65. The fourth-order valence-corrected chi connectivity index (χ4v) is 3.78. The van der Waals surface area contributed by atoms with Crippen molar-refractivity contribution >= 4 is 11.8 Å². The van der Waals surface area contributed by atoms with E-state index in [1.807, 2.05) is 0 Å². The highest BCUT2D eigenvalue weighted by Gasteiger charge is 2.20. The van der Waals surface area contributed by atoms with Crippen LogP contribution >= 0.6 is 11.8 Å². The lowest BCUT2D eigenvalue weighted by Crippen LogP contribution is -2.32. The SMILES string of the molecule is CN(CCCCCCNC1CC1)C1CCSC1. The molecule has 3 heteroatoms. The van der Waals surface area contributed by atoms with Crippen LogP contribution in [-0.4, -0.2) is 48.6 Å². The van der Waals surface area contributed by atoms with Crippen LogP contribution in [0.15, 0.2) is 0 Å². The van der Waals surface area contributed by atoms with Gasteiger partial charge in [-0.05, 0) is 58.0 Å². The molecule has 1 atom stereocenters. The average Bonchev–Trinajstić information content (AvgIpc) is 2.99. The number of rotatable bonds is 9. The van der Waals surface area contributed by atoms with Crippen LogP contribution in [0.1, 0.15) is 44.9 Å². The molecule has 0 aromatic rings. The van der Waals surface area contributed by atoms with E-state index in [4.69, 9.17) is 0 Å². The van der Waals surface area contributed by atoms with Gasteiger partial charge in [0.1, 0.15) is 0 Å². The maximum Gasteiger partial charge on any atom is 0.0191 e. The van der Waals surface area contributed by atoms with Crippen molar-refractivity contribution in [1.29, 1.82) is 0 Å². The summed E-state index contributed by atoms with van der Waals surface area (Å²) in [6.07, 6.45) is 9.84. The van der Waals surface area contributed by atoms with Crippen LogP contribution in [0.3, 0.4) is 0 Å². The lowest BCUT2D eigenvalue weighted by atomic mass is 10.1. The fourth-order valence-electron chi connectivity index (χ4n) is 2.49. The van der Waals surface area contributed by atoms with Crippen molar-refractivity contribution in [3.8, 4) is 0 Å². The summed E-state index contributed by atoms with van der Waals surface area (Å²) >= 11 is 2.12. The number of thioether (sulfide) groups is 1. The molecule has 2 fully saturated rings. The van der Waals surface area contributed by atoms with E-state index in [9.17, 15) is 0 Å². The Labute approximate surface area is 111 Å². The van der Waals surface area contributed by atoms with Gasteiger partial charge in [-0.1, -0.05) is 12.8 Å². The summed E-state index contributed by atoms with van der Waals surface area (Å²) in [5, 5.41) is 3.59. The molecular weight excluding hydrogens is 228 g/mol. The van der Waals surface area contributed by atoms with Crippen molar-refractivity contribution in [3.05, 3.63) is 0 Å². The first-order valence-corrected chi connectivity index (χ1v) is 8.53. The zero-order valence-corrected chi connectivity index (χ0v) is 12.1. The van der Waals surface area contributed by atoms with Gasteiger partial charge in [0.2, 0.25) is 0 Å². The number of nitrogens with zero attached hydrogens (tertiary/aromatic N) is 1. The van der Waals surface area contributed by atoms with Crippen molar-refractivity contribution in [2.45, 2.75) is 57.0 Å². The largest absolute Gasteiger partial charge is 0.314 e. The van der Waals surface area contributed by atoms with Crippen LogP contribution in [0.5, 0.6) is 0 Å². The van der Waals surface area contributed by atoms with Gasteiger partial charge in [0, 0.05) is 17.8 Å². The maximum absolute atomic E-state index is 3.59. The van der Waals surface area contributed by atoms with E-state index in [1.165, 1.54) is 69.5 Å². The third kappa shape index (κ3) is 5.62. The van der Waals surface area contributed by atoms with E-state index in [0.717, 1.165) is 12.1 Å². The summed E-state index contributed by atoms with van der Waals surface area (Å²) in [5.74, 6) is 2.74. The summed E-state index contributed by atoms with van der Waals surface area (Å²) in [6, 6.07) is 1.76. The van der Waals surface area contributed by atoms with Crippen molar-refractivity contribution in [1.82, 2.24) is 10.2 Å². The van der Waals surface area contributed by atoms with Gasteiger partial charge >= 0.3 is 0 Å². The smallest absolute Gasteiger partial charge is 0.0191 e. The zero-order valence-electron chi connectivity index (χ0n) is 11.3. The normalized spacial score (nSPS) is 24.7. The molecule has 1 N–H and O–H groups in total. The van der Waals surface area contributed by atoms with Crippen molar-refractivity contribution in [2.24, 2.45) is 0 Å². The topological polar surface area (TPSA) is 15.3 Å². The molecule has 1 heterocycles. The zero-order chi connectivity index (χ0) is 11.9. The van der Waals surface area contributed by atoms with Gasteiger partial charge in [-0.2, -0.15) is 11.8 Å². The van der Waals surface area contributed by atoms with E-state index >= 15 is 0 Å². The van der Waals surface area contributed by atoms with E-state index in [0.29, 0.717) is 0 Å². The maximum atomic E-state index is 3.59. The Hall–Kier alpha value is 0.270. The Morgan fingerprint density at radius 1 is 1.12 bits per heavy atom. The number of unbranched alkanes of at least 4 members (excludes halogenated alkanes) is 3. The van der Waals surface area contributed by atoms with Gasteiger partial charge in [-0.25, -0.2) is 0 Å². The van der Waals surface area contributed by atoms with Gasteiger partial charge in [0.25, 0.3) is 0 Å². The lowest BCUT2D eigenvalue weighted by Gasteiger charge is -2.23. The molecule has 1 unspecified atom stereocenters. The molecule has 0 amide bonds. The minimum atomic E-state index is 0.872. The van der Waals surface area contributed by atoms with E-state index in [-0.39, 0.29) is 0 Å². The summed E-state index contributed by atoms with van der Waals surface area (Å²) < 4.78 is 0. The molecule has 0 bridgehead atoms. The quantitative estimate of drug-likeness (QED) is 0.639. The molecule has 100 valence electrons. The number of nitrogens with one attached hydrogen (secondary N) is 1. The van der Waals surface area contributed by atoms with Crippen molar-refractivity contribution in [2.75, 3.05) is 31.6 Å². The monoisotopic (exact) mass is 256 g/mol. The second-order valence-corrected chi connectivity index (χ2v) is 6.79. The van der Waals surface area contributed by atoms with Crippen LogP contribution < -0.4 is 5.32 Å². The van der Waals surface area contributed by atoms with Gasteiger partial charge in [-0.15, -0.1) is 0 Å². The van der Waals surface area contributed by atoms with Crippen molar-refractivity contribution in [3.63, 3.8) is 0 Å². The molecule has 0 aromatic carbocycles. The Morgan fingerprint density at radius 3 is 2.65 bits per heavy atom. The van der Waals surface area contributed by atoms with E-state index in [1.54, 1.807) is 0 Å². The highest BCUT2D eigenvalue weighted by atomic mass is 32.2. The first-order chi connectivity index (χ1) is 8.36. The Balaban J connectivity index is 1.37. The molecule has 0 radical (unpaired) electrons. The third-order valence-corrected chi connectivity index (χ3v) is 5.12. The minimum absolute atomic E-state index is 0.872. The van der Waals surface area contributed by atoms with Crippen molar-refractivity contribution < 1.29 is 0 Å². The van der Waals surface area contributed by atoms with Crippen LogP contribution in [0.25, 0.3) is 0 Å². The van der Waals surface area contributed by atoms with Crippen LogP contribution in [0.4, 0.5) is 0 Å². The van der Waals surface area contributed by atoms with Gasteiger partial charge in [0.15, 0.2) is 0 Å². The fraction of sp³-hybridized carbons (Fsp3) is 1.00. The van der Waals surface area contributed by atoms with E-state index in [2.05, 4.69) is 29.0 Å². The second-order valence-electron chi connectivity index (χ2n) is 5.64. The molecule has 17 heavy (non-hydrogen) atoms.